The zero-order valence-electron chi connectivity index (χ0n) is 12.7. The minimum atomic E-state index is -3.33. The van der Waals surface area contributed by atoms with Crippen LogP contribution in [0.25, 0.3) is 16.9 Å². The number of sulfone groups is 1. The molecule has 0 bridgehead atoms. The van der Waals surface area contributed by atoms with Crippen LogP contribution in [0.1, 0.15) is 0 Å². The van der Waals surface area contributed by atoms with Crippen LogP contribution in [0.15, 0.2) is 53.6 Å². The third-order valence-electron chi connectivity index (χ3n) is 3.47. The number of fused-ring (bicyclic) bond motifs is 1. The molecule has 0 aliphatic heterocycles. The van der Waals surface area contributed by atoms with E-state index in [0.717, 1.165) is 11.5 Å². The van der Waals surface area contributed by atoms with E-state index >= 15 is 0 Å². The summed E-state index contributed by atoms with van der Waals surface area (Å²) >= 11 is 0. The molecule has 3 aromatic rings. The summed E-state index contributed by atoms with van der Waals surface area (Å²) in [4.78, 5) is 6.87. The second-order valence-corrected chi connectivity index (χ2v) is 7.36. The van der Waals surface area contributed by atoms with Crippen molar-refractivity contribution in [3.63, 3.8) is 0 Å². The first-order chi connectivity index (χ1) is 10.4. The predicted octanol–water partition coefficient (Wildman–Crippen LogP) is 2.47. The van der Waals surface area contributed by atoms with Crippen molar-refractivity contribution in [2.75, 3.05) is 25.3 Å². The summed E-state index contributed by atoms with van der Waals surface area (Å²) in [7, 11) is 0.510. The van der Waals surface area contributed by atoms with Gasteiger partial charge in [-0.05, 0) is 18.2 Å². The first-order valence-corrected chi connectivity index (χ1v) is 8.72. The molecule has 114 valence electrons. The molecule has 0 saturated heterocycles. The van der Waals surface area contributed by atoms with E-state index in [9.17, 15) is 8.42 Å². The molecule has 0 radical (unpaired) electrons. The molecule has 2 aromatic heterocycles. The number of imidazole rings is 1. The predicted molar refractivity (Wildman–Crippen MR) is 88.1 cm³/mol. The lowest BCUT2D eigenvalue weighted by Gasteiger charge is -2.15. The van der Waals surface area contributed by atoms with Gasteiger partial charge in [0.1, 0.15) is 17.2 Å². The smallest absolute Gasteiger partial charge is 0.176 e. The lowest BCUT2D eigenvalue weighted by molar-refractivity contribution is 0.602. The maximum absolute atomic E-state index is 12.1. The van der Waals surface area contributed by atoms with E-state index in [4.69, 9.17) is 0 Å². The fourth-order valence-electron chi connectivity index (χ4n) is 2.58. The molecule has 6 heteroatoms. The van der Waals surface area contributed by atoms with Gasteiger partial charge < -0.3 is 4.90 Å². The van der Waals surface area contributed by atoms with Crippen molar-refractivity contribution >= 4 is 21.3 Å². The van der Waals surface area contributed by atoms with E-state index in [1.54, 1.807) is 18.2 Å². The Morgan fingerprint density at radius 3 is 2.41 bits per heavy atom. The van der Waals surface area contributed by atoms with Crippen LogP contribution in [0, 0.1) is 0 Å². The van der Waals surface area contributed by atoms with E-state index in [-0.39, 0.29) is 0 Å². The fraction of sp³-hybridized carbons (Fsp3) is 0.188. The normalized spacial score (nSPS) is 11.8. The van der Waals surface area contributed by atoms with E-state index in [2.05, 4.69) is 4.98 Å². The molecular formula is C16H17N3O2S. The molecular weight excluding hydrogens is 298 g/mol. The zero-order chi connectivity index (χ0) is 15.9. The van der Waals surface area contributed by atoms with Crippen LogP contribution in [0.4, 0.5) is 5.82 Å². The summed E-state index contributed by atoms with van der Waals surface area (Å²) < 4.78 is 26.1. The second-order valence-electron chi connectivity index (χ2n) is 5.38. The highest BCUT2D eigenvalue weighted by Crippen LogP contribution is 2.34. The van der Waals surface area contributed by atoms with Gasteiger partial charge in [0.25, 0.3) is 0 Å². The van der Waals surface area contributed by atoms with Gasteiger partial charge in [0.05, 0.1) is 4.90 Å². The van der Waals surface area contributed by atoms with Crippen LogP contribution in [0.3, 0.4) is 0 Å². The molecule has 2 heterocycles. The lowest BCUT2D eigenvalue weighted by atomic mass is 10.1. The quantitative estimate of drug-likeness (QED) is 0.745. The summed E-state index contributed by atoms with van der Waals surface area (Å²) in [5.74, 6) is 0.853. The molecule has 0 amide bonds. The molecule has 0 aliphatic rings. The molecule has 0 aliphatic carbocycles. The Hall–Kier alpha value is -2.34. The minimum absolute atomic E-state index is 0.293. The van der Waals surface area contributed by atoms with E-state index in [1.807, 2.05) is 53.9 Å². The van der Waals surface area contributed by atoms with Crippen molar-refractivity contribution in [2.45, 2.75) is 4.90 Å². The third-order valence-corrected chi connectivity index (χ3v) is 4.62. The molecule has 3 rings (SSSR count). The average Bonchev–Trinajstić information content (AvgIpc) is 2.85. The van der Waals surface area contributed by atoms with Crippen molar-refractivity contribution < 1.29 is 8.42 Å². The maximum atomic E-state index is 12.1. The summed E-state index contributed by atoms with van der Waals surface area (Å²) in [6.45, 7) is 0. The summed E-state index contributed by atoms with van der Waals surface area (Å²) in [5.41, 5.74) is 2.07. The Morgan fingerprint density at radius 2 is 1.73 bits per heavy atom. The number of hydrogen-bond acceptors (Lipinski definition) is 4. The lowest BCUT2D eigenvalue weighted by Crippen LogP contribution is -2.12. The standard InChI is InChI=1S/C16H17N3O2S/c1-18(2)16-15(17-14-10-6-7-11-19(14)16)12-8-4-5-9-13(12)22(3,20)21/h4-11H,1-3H3. The molecule has 0 saturated carbocycles. The van der Waals surface area contributed by atoms with E-state index in [0.29, 0.717) is 16.2 Å². The van der Waals surface area contributed by atoms with Gasteiger partial charge in [-0.1, -0.05) is 24.3 Å². The number of anilines is 1. The van der Waals surface area contributed by atoms with Gasteiger partial charge >= 0.3 is 0 Å². The molecule has 0 fully saturated rings. The zero-order valence-corrected chi connectivity index (χ0v) is 13.5. The Kier molecular flexibility index (Phi) is 3.41. The van der Waals surface area contributed by atoms with Gasteiger partial charge in [0.2, 0.25) is 0 Å². The Labute approximate surface area is 129 Å². The number of aromatic nitrogens is 2. The molecule has 0 spiro atoms. The van der Waals surface area contributed by atoms with Crippen molar-refractivity contribution in [1.29, 1.82) is 0 Å². The van der Waals surface area contributed by atoms with Crippen LogP contribution in [0.2, 0.25) is 0 Å². The highest BCUT2D eigenvalue weighted by Gasteiger charge is 2.21. The topological polar surface area (TPSA) is 54.7 Å². The van der Waals surface area contributed by atoms with E-state index < -0.39 is 9.84 Å². The van der Waals surface area contributed by atoms with Crippen molar-refractivity contribution in [1.82, 2.24) is 9.38 Å². The molecule has 5 nitrogen and oxygen atoms in total. The number of pyridine rings is 1. The fourth-order valence-corrected chi connectivity index (χ4v) is 3.47. The highest BCUT2D eigenvalue weighted by atomic mass is 32.2. The maximum Gasteiger partial charge on any atom is 0.176 e. The van der Waals surface area contributed by atoms with Crippen LogP contribution < -0.4 is 4.90 Å². The van der Waals surface area contributed by atoms with Gasteiger partial charge in [0, 0.05) is 32.1 Å². The van der Waals surface area contributed by atoms with Crippen molar-refractivity contribution in [3.05, 3.63) is 48.7 Å². The molecule has 22 heavy (non-hydrogen) atoms. The summed E-state index contributed by atoms with van der Waals surface area (Å²) in [6.07, 6.45) is 3.14. The average molecular weight is 315 g/mol. The number of hydrogen-bond donors (Lipinski definition) is 0. The van der Waals surface area contributed by atoms with Crippen LogP contribution >= 0.6 is 0 Å². The van der Waals surface area contributed by atoms with Crippen LogP contribution in [-0.2, 0) is 9.84 Å². The molecule has 0 N–H and O–H groups in total. The Bertz CT molecular complexity index is 943. The molecule has 0 unspecified atom stereocenters. The number of nitrogens with zero attached hydrogens (tertiary/aromatic N) is 3. The van der Waals surface area contributed by atoms with Crippen LogP contribution in [-0.4, -0.2) is 38.2 Å². The monoisotopic (exact) mass is 315 g/mol. The second kappa shape index (κ2) is 5.14. The van der Waals surface area contributed by atoms with Gasteiger partial charge in [-0.3, -0.25) is 4.40 Å². The summed E-state index contributed by atoms with van der Waals surface area (Å²) in [5, 5.41) is 0. The first-order valence-electron chi connectivity index (χ1n) is 6.83. The molecule has 0 atom stereocenters. The van der Waals surface area contributed by atoms with Gasteiger partial charge in [-0.2, -0.15) is 0 Å². The highest BCUT2D eigenvalue weighted by molar-refractivity contribution is 7.90. The Morgan fingerprint density at radius 1 is 1.05 bits per heavy atom. The van der Waals surface area contributed by atoms with Gasteiger partial charge in [0.15, 0.2) is 9.84 Å². The largest absolute Gasteiger partial charge is 0.362 e. The van der Waals surface area contributed by atoms with Crippen LogP contribution in [0.5, 0.6) is 0 Å². The van der Waals surface area contributed by atoms with E-state index in [1.165, 1.54) is 6.26 Å². The van der Waals surface area contributed by atoms with Gasteiger partial charge in [-0.25, -0.2) is 13.4 Å². The Balaban J connectivity index is 2.39. The van der Waals surface area contributed by atoms with Crippen molar-refractivity contribution in [3.8, 4) is 11.3 Å². The number of benzene rings is 1. The van der Waals surface area contributed by atoms with Crippen molar-refractivity contribution in [2.24, 2.45) is 0 Å². The number of rotatable bonds is 3. The summed E-state index contributed by atoms with van der Waals surface area (Å²) in [6, 6.07) is 12.7. The molecule has 1 aromatic carbocycles. The SMILES string of the molecule is CN(C)c1c(-c2ccccc2S(C)(=O)=O)nc2ccccn12. The minimum Gasteiger partial charge on any atom is -0.362 e. The third kappa shape index (κ3) is 2.35. The first kappa shape index (κ1) is 14.6. The van der Waals surface area contributed by atoms with Gasteiger partial charge in [-0.15, -0.1) is 0 Å².